The summed E-state index contributed by atoms with van der Waals surface area (Å²) in [4.78, 5) is 36.9. The van der Waals surface area contributed by atoms with Gasteiger partial charge in [0.1, 0.15) is 6.04 Å². The van der Waals surface area contributed by atoms with Crippen molar-refractivity contribution in [2.75, 3.05) is 0 Å². The van der Waals surface area contributed by atoms with Gasteiger partial charge in [0.2, 0.25) is 11.8 Å². The number of carboxylic acid groups (broad SMARTS) is 1. The number of likely N-dealkylation sites (tertiary alicyclic amines) is 1. The van der Waals surface area contributed by atoms with Crippen LogP contribution in [0.25, 0.3) is 6.08 Å². The van der Waals surface area contributed by atoms with Crippen LogP contribution in [0.5, 0.6) is 0 Å². The van der Waals surface area contributed by atoms with Crippen molar-refractivity contribution in [3.8, 4) is 0 Å². The minimum atomic E-state index is -0.929. The van der Waals surface area contributed by atoms with Crippen LogP contribution in [0.4, 0.5) is 0 Å². The van der Waals surface area contributed by atoms with Gasteiger partial charge in [-0.3, -0.25) is 9.59 Å². The summed E-state index contributed by atoms with van der Waals surface area (Å²) in [6.07, 6.45) is 7.63. The summed E-state index contributed by atoms with van der Waals surface area (Å²) in [6, 6.07) is 5.89. The third-order valence-corrected chi connectivity index (χ3v) is 5.24. The highest BCUT2D eigenvalue weighted by Gasteiger charge is 2.46. The van der Waals surface area contributed by atoms with Crippen molar-refractivity contribution in [1.82, 2.24) is 4.90 Å². The van der Waals surface area contributed by atoms with E-state index < -0.39 is 17.9 Å². The Morgan fingerprint density at radius 2 is 1.80 bits per heavy atom. The summed E-state index contributed by atoms with van der Waals surface area (Å²) in [5, 5.41) is 9.49. The summed E-state index contributed by atoms with van der Waals surface area (Å²) in [5.74, 6) is -1.40. The Hall–Kier alpha value is -2.63. The first-order valence-corrected chi connectivity index (χ1v) is 8.60. The van der Waals surface area contributed by atoms with E-state index >= 15 is 0 Å². The molecule has 0 bridgehead atoms. The molecule has 3 atom stereocenters. The number of carbonyl (C=O) groups is 3. The van der Waals surface area contributed by atoms with Crippen LogP contribution in [0.1, 0.15) is 48.0 Å². The van der Waals surface area contributed by atoms with Gasteiger partial charge in [-0.05, 0) is 49.0 Å². The molecule has 3 rings (SSSR count). The van der Waals surface area contributed by atoms with Crippen LogP contribution >= 0.6 is 0 Å². The number of nitrogens with zero attached hydrogens (tertiary/aromatic N) is 1. The summed E-state index contributed by atoms with van der Waals surface area (Å²) >= 11 is 0. The smallest absolute Gasteiger partial charge is 0.326 e. The quantitative estimate of drug-likeness (QED) is 0.818. The molecule has 1 saturated heterocycles. The largest absolute Gasteiger partial charge is 0.480 e. The molecule has 0 aromatic heterocycles. The molecule has 6 heteroatoms. The lowest BCUT2D eigenvalue weighted by molar-refractivity contribution is -0.147. The summed E-state index contributed by atoms with van der Waals surface area (Å²) in [5.41, 5.74) is 6.36. The van der Waals surface area contributed by atoms with Gasteiger partial charge in [-0.25, -0.2) is 4.79 Å². The molecule has 1 saturated carbocycles. The van der Waals surface area contributed by atoms with E-state index in [0.29, 0.717) is 17.9 Å². The molecule has 2 aliphatic rings. The number of benzene rings is 1. The van der Waals surface area contributed by atoms with Crippen molar-refractivity contribution >= 4 is 23.9 Å². The number of hydrogen-bond donors (Lipinski definition) is 2. The molecule has 1 aromatic carbocycles. The van der Waals surface area contributed by atoms with Crippen molar-refractivity contribution in [2.24, 2.45) is 11.7 Å². The Kier molecular flexibility index (Phi) is 4.88. The van der Waals surface area contributed by atoms with E-state index in [1.807, 2.05) is 0 Å². The summed E-state index contributed by atoms with van der Waals surface area (Å²) in [6.45, 7) is 0. The molecule has 2 fully saturated rings. The molecule has 0 radical (unpaired) electrons. The van der Waals surface area contributed by atoms with Crippen LogP contribution in [0.3, 0.4) is 0 Å². The van der Waals surface area contributed by atoms with E-state index in [1.54, 1.807) is 35.2 Å². The third-order valence-electron chi connectivity index (χ3n) is 5.24. The van der Waals surface area contributed by atoms with Crippen molar-refractivity contribution in [3.05, 3.63) is 41.5 Å². The monoisotopic (exact) mass is 342 g/mol. The minimum Gasteiger partial charge on any atom is -0.480 e. The third kappa shape index (κ3) is 3.57. The number of nitrogens with two attached hydrogens (primary N) is 1. The van der Waals surface area contributed by atoms with E-state index in [-0.39, 0.29) is 11.9 Å². The van der Waals surface area contributed by atoms with Crippen LogP contribution in [-0.2, 0) is 9.59 Å². The van der Waals surface area contributed by atoms with Crippen LogP contribution < -0.4 is 5.73 Å². The van der Waals surface area contributed by atoms with Crippen LogP contribution in [0, 0.1) is 5.92 Å². The van der Waals surface area contributed by atoms with E-state index in [4.69, 9.17) is 5.73 Å². The molecule has 25 heavy (non-hydrogen) atoms. The average Bonchev–Trinajstić information content (AvgIpc) is 3.00. The fraction of sp³-hybridized carbons (Fsp3) is 0.421. The number of amides is 2. The van der Waals surface area contributed by atoms with Crippen LogP contribution in [0.2, 0.25) is 0 Å². The Morgan fingerprint density at radius 1 is 1.12 bits per heavy atom. The van der Waals surface area contributed by atoms with Crippen molar-refractivity contribution < 1.29 is 19.5 Å². The van der Waals surface area contributed by atoms with E-state index in [0.717, 1.165) is 31.2 Å². The highest BCUT2D eigenvalue weighted by atomic mass is 16.4. The Labute approximate surface area is 146 Å². The van der Waals surface area contributed by atoms with Gasteiger partial charge < -0.3 is 15.7 Å². The molecular weight excluding hydrogens is 320 g/mol. The normalized spacial score (nSPS) is 25.8. The lowest BCUT2D eigenvalue weighted by Gasteiger charge is -2.32. The standard InChI is InChI=1S/C19H22N2O4/c20-18(23)13-8-5-12(6-9-13)7-10-17(22)21-15-4-2-1-3-14(15)11-16(21)19(24)25/h5-10,14-16H,1-4,11H2,(H2,20,23)(H,24,25)/b10-7+. The zero-order valence-electron chi connectivity index (χ0n) is 13.9. The molecule has 3 N–H and O–H groups in total. The molecule has 1 heterocycles. The number of rotatable bonds is 4. The average molecular weight is 342 g/mol. The van der Waals surface area contributed by atoms with Crippen molar-refractivity contribution in [3.63, 3.8) is 0 Å². The summed E-state index contributed by atoms with van der Waals surface area (Å²) in [7, 11) is 0. The maximum absolute atomic E-state index is 12.7. The Morgan fingerprint density at radius 3 is 2.44 bits per heavy atom. The number of primary amides is 1. The highest BCUT2D eigenvalue weighted by Crippen LogP contribution is 2.39. The Balaban J connectivity index is 1.75. The number of aliphatic carboxylic acids is 1. The van der Waals surface area contributed by atoms with Crippen molar-refractivity contribution in [2.45, 2.75) is 44.2 Å². The molecule has 6 nitrogen and oxygen atoms in total. The van der Waals surface area contributed by atoms with Gasteiger partial charge in [-0.1, -0.05) is 25.0 Å². The topological polar surface area (TPSA) is 101 Å². The van der Waals surface area contributed by atoms with E-state index in [2.05, 4.69) is 0 Å². The lowest BCUT2D eigenvalue weighted by Crippen LogP contribution is -2.45. The van der Waals surface area contributed by atoms with Gasteiger partial charge in [-0.2, -0.15) is 0 Å². The molecule has 132 valence electrons. The second-order valence-electron chi connectivity index (χ2n) is 6.77. The molecule has 3 unspecified atom stereocenters. The molecule has 0 spiro atoms. The SMILES string of the molecule is NC(=O)c1ccc(/C=C/C(=O)N2C(C(=O)O)CC3CCCCC32)cc1. The minimum absolute atomic E-state index is 0.0317. The highest BCUT2D eigenvalue weighted by molar-refractivity contribution is 5.96. The first-order chi connectivity index (χ1) is 12.0. The van der Waals surface area contributed by atoms with Gasteiger partial charge in [-0.15, -0.1) is 0 Å². The van der Waals surface area contributed by atoms with Gasteiger partial charge in [0.15, 0.2) is 0 Å². The molecule has 1 aromatic rings. The first kappa shape index (κ1) is 17.2. The molecule has 1 aliphatic heterocycles. The molecule has 1 aliphatic carbocycles. The zero-order chi connectivity index (χ0) is 18.0. The molecular formula is C19H22N2O4. The number of carboxylic acids is 1. The maximum atomic E-state index is 12.7. The zero-order valence-corrected chi connectivity index (χ0v) is 13.9. The summed E-state index contributed by atoms with van der Waals surface area (Å²) < 4.78 is 0. The fourth-order valence-corrected chi connectivity index (χ4v) is 4.01. The maximum Gasteiger partial charge on any atom is 0.326 e. The van der Waals surface area contributed by atoms with Gasteiger partial charge in [0, 0.05) is 17.7 Å². The second kappa shape index (κ2) is 7.09. The van der Waals surface area contributed by atoms with Crippen molar-refractivity contribution in [1.29, 1.82) is 0 Å². The predicted molar refractivity (Wildman–Crippen MR) is 92.6 cm³/mol. The second-order valence-corrected chi connectivity index (χ2v) is 6.77. The predicted octanol–water partition coefficient (Wildman–Crippen LogP) is 2.04. The van der Waals surface area contributed by atoms with E-state index in [9.17, 15) is 19.5 Å². The van der Waals surface area contributed by atoms with Gasteiger partial charge >= 0.3 is 5.97 Å². The van der Waals surface area contributed by atoms with Gasteiger partial charge in [0.05, 0.1) is 0 Å². The van der Waals surface area contributed by atoms with E-state index in [1.165, 1.54) is 6.08 Å². The first-order valence-electron chi connectivity index (χ1n) is 8.60. The number of hydrogen-bond acceptors (Lipinski definition) is 3. The van der Waals surface area contributed by atoms with Crippen LogP contribution in [-0.4, -0.2) is 39.9 Å². The molecule has 2 amide bonds. The number of fused-ring (bicyclic) bond motifs is 1. The fourth-order valence-electron chi connectivity index (χ4n) is 4.01. The number of carbonyl (C=O) groups excluding carboxylic acids is 2. The van der Waals surface area contributed by atoms with Crippen LogP contribution in [0.15, 0.2) is 30.3 Å². The van der Waals surface area contributed by atoms with Gasteiger partial charge in [0.25, 0.3) is 0 Å². The Bertz CT molecular complexity index is 711. The lowest BCUT2D eigenvalue weighted by atomic mass is 9.85.